The summed E-state index contributed by atoms with van der Waals surface area (Å²) < 4.78 is 13.7. The van der Waals surface area contributed by atoms with E-state index in [0.29, 0.717) is 19.6 Å². The molecule has 5 rings (SSSR count). The predicted molar refractivity (Wildman–Crippen MR) is 106 cm³/mol. The summed E-state index contributed by atoms with van der Waals surface area (Å²) in [5, 5.41) is 2.98. The molecule has 0 aromatic heterocycles. The van der Waals surface area contributed by atoms with Crippen molar-refractivity contribution in [3.05, 3.63) is 65.5 Å². The monoisotopic (exact) mass is 394 g/mol. The molecular weight excluding hydrogens is 371 g/mol. The Balaban J connectivity index is 1.41. The summed E-state index contributed by atoms with van der Waals surface area (Å²) in [6.07, 6.45) is 1.50. The summed E-state index contributed by atoms with van der Waals surface area (Å²) >= 11 is 0. The van der Waals surface area contributed by atoms with Gasteiger partial charge in [-0.2, -0.15) is 0 Å². The van der Waals surface area contributed by atoms with Crippen LogP contribution in [0.1, 0.15) is 30.0 Å². The first-order valence-electron chi connectivity index (χ1n) is 10.0. The van der Waals surface area contributed by atoms with Gasteiger partial charge in [-0.3, -0.25) is 15.0 Å². The lowest BCUT2D eigenvalue weighted by Gasteiger charge is -2.40. The second kappa shape index (κ2) is 6.93. The van der Waals surface area contributed by atoms with Crippen LogP contribution in [-0.2, 0) is 15.0 Å². The number of carbonyl (C=O) groups excluding carboxylic acids is 2. The maximum atomic E-state index is 13.7. The lowest BCUT2D eigenvalue weighted by molar-refractivity contribution is -0.139. The van der Waals surface area contributed by atoms with Crippen LogP contribution in [0.2, 0.25) is 0 Å². The Morgan fingerprint density at radius 3 is 2.90 bits per heavy atom. The number of piperidine rings is 1. The molecule has 0 aliphatic carbocycles. The normalized spacial score (nSPS) is 28.4. The number of carbonyl (C=O) groups is 2. The highest BCUT2D eigenvalue weighted by atomic mass is 19.1. The molecule has 3 unspecified atom stereocenters. The van der Waals surface area contributed by atoms with E-state index in [1.165, 1.54) is 12.1 Å². The van der Waals surface area contributed by atoms with Gasteiger partial charge in [0.25, 0.3) is 0 Å². The molecule has 0 saturated carbocycles. The highest BCUT2D eigenvalue weighted by Crippen LogP contribution is 2.44. The molecule has 3 atom stereocenters. The number of fused-ring (bicyclic) bond motifs is 2. The van der Waals surface area contributed by atoms with Crippen molar-refractivity contribution < 1.29 is 14.0 Å². The Morgan fingerprint density at radius 2 is 2.03 bits per heavy atom. The summed E-state index contributed by atoms with van der Waals surface area (Å²) in [5.41, 5.74) is 8.04. The molecule has 2 aromatic rings. The van der Waals surface area contributed by atoms with Crippen molar-refractivity contribution in [3.8, 4) is 0 Å². The number of amides is 2. The molecular formula is C22H23FN4O2. The fourth-order valence-corrected chi connectivity index (χ4v) is 5.00. The van der Waals surface area contributed by atoms with Crippen LogP contribution in [0, 0.1) is 11.7 Å². The Labute approximate surface area is 168 Å². The van der Waals surface area contributed by atoms with E-state index in [2.05, 4.69) is 16.2 Å². The van der Waals surface area contributed by atoms with Crippen molar-refractivity contribution in [1.82, 2.24) is 15.8 Å². The molecule has 7 heteroatoms. The highest BCUT2D eigenvalue weighted by Gasteiger charge is 2.51. The summed E-state index contributed by atoms with van der Waals surface area (Å²) in [6.45, 7) is 1.47. The van der Waals surface area contributed by atoms with Gasteiger partial charge in [0.05, 0.1) is 17.4 Å². The van der Waals surface area contributed by atoms with E-state index in [-0.39, 0.29) is 29.6 Å². The van der Waals surface area contributed by atoms with Gasteiger partial charge in [-0.1, -0.05) is 30.3 Å². The smallest absolute Gasteiger partial charge is 0.236 e. The van der Waals surface area contributed by atoms with E-state index in [1.807, 2.05) is 35.2 Å². The highest BCUT2D eigenvalue weighted by molar-refractivity contribution is 6.06. The fraction of sp³-hybridized carbons (Fsp3) is 0.364. The van der Waals surface area contributed by atoms with Gasteiger partial charge in [0.2, 0.25) is 11.8 Å². The number of benzene rings is 2. The average molecular weight is 394 g/mol. The van der Waals surface area contributed by atoms with Crippen LogP contribution in [-0.4, -0.2) is 36.3 Å². The molecule has 2 saturated heterocycles. The average Bonchev–Trinajstić information content (AvgIpc) is 3.32. The zero-order chi connectivity index (χ0) is 20.0. The fourth-order valence-electron chi connectivity index (χ4n) is 5.00. The third kappa shape index (κ3) is 2.92. The van der Waals surface area contributed by atoms with Gasteiger partial charge in [-0.25, -0.2) is 9.82 Å². The molecule has 3 N–H and O–H groups in total. The summed E-state index contributed by atoms with van der Waals surface area (Å²) in [7, 11) is 0. The minimum Gasteiger partial charge on any atom is -0.341 e. The second-order valence-corrected chi connectivity index (χ2v) is 8.11. The van der Waals surface area contributed by atoms with E-state index in [0.717, 1.165) is 29.7 Å². The van der Waals surface area contributed by atoms with E-state index in [4.69, 9.17) is 0 Å². The molecule has 3 aliphatic heterocycles. The minimum absolute atomic E-state index is 0.00647. The van der Waals surface area contributed by atoms with Gasteiger partial charge in [0.15, 0.2) is 0 Å². The van der Waals surface area contributed by atoms with Crippen molar-refractivity contribution in [2.45, 2.75) is 24.3 Å². The predicted octanol–water partition coefficient (Wildman–Crippen LogP) is 2.10. The molecule has 29 heavy (non-hydrogen) atoms. The van der Waals surface area contributed by atoms with E-state index in [1.54, 1.807) is 6.07 Å². The van der Waals surface area contributed by atoms with Crippen LogP contribution in [0.25, 0.3) is 0 Å². The van der Waals surface area contributed by atoms with Gasteiger partial charge >= 0.3 is 0 Å². The second-order valence-electron chi connectivity index (χ2n) is 8.11. The van der Waals surface area contributed by atoms with E-state index >= 15 is 0 Å². The Kier molecular flexibility index (Phi) is 4.37. The number of para-hydroxylation sites is 1. The van der Waals surface area contributed by atoms with Crippen LogP contribution in [0.3, 0.4) is 0 Å². The minimum atomic E-state index is -0.682. The molecule has 3 aliphatic rings. The zero-order valence-electron chi connectivity index (χ0n) is 16.0. The molecule has 0 radical (unpaired) electrons. The molecule has 2 amide bonds. The Hall–Kier alpha value is -2.77. The van der Waals surface area contributed by atoms with Crippen molar-refractivity contribution >= 4 is 17.5 Å². The molecule has 1 spiro atoms. The zero-order valence-corrected chi connectivity index (χ0v) is 16.0. The number of likely N-dealkylation sites (tertiary alicyclic amines) is 1. The van der Waals surface area contributed by atoms with Gasteiger partial charge in [-0.15, -0.1) is 0 Å². The molecule has 3 heterocycles. The van der Waals surface area contributed by atoms with Crippen molar-refractivity contribution in [1.29, 1.82) is 0 Å². The largest absolute Gasteiger partial charge is 0.341 e. The van der Waals surface area contributed by atoms with Crippen LogP contribution < -0.4 is 16.2 Å². The summed E-state index contributed by atoms with van der Waals surface area (Å²) in [6, 6.07) is 13.8. The Morgan fingerprint density at radius 1 is 1.17 bits per heavy atom. The topological polar surface area (TPSA) is 73.5 Å². The van der Waals surface area contributed by atoms with Crippen LogP contribution >= 0.6 is 0 Å². The summed E-state index contributed by atoms with van der Waals surface area (Å²) in [4.78, 5) is 28.2. The lowest BCUT2D eigenvalue weighted by atomic mass is 9.74. The third-order valence-electron chi connectivity index (χ3n) is 6.44. The maximum Gasteiger partial charge on any atom is 0.236 e. The van der Waals surface area contributed by atoms with Crippen LogP contribution in [0.15, 0.2) is 48.5 Å². The number of nitrogens with zero attached hydrogens (tertiary/aromatic N) is 1. The first-order valence-corrected chi connectivity index (χ1v) is 10.0. The van der Waals surface area contributed by atoms with Crippen molar-refractivity contribution in [2.75, 3.05) is 25.0 Å². The SMILES string of the molecule is O=C(C1CNNC1c1cccc(F)c1)N1CCCC2(C1)C(=O)Nc1ccccc12. The standard InChI is InChI=1S/C22H23FN4O2/c23-15-6-3-5-14(11-15)19-16(12-24-26-19)20(28)27-10-4-9-22(13-27)17-7-1-2-8-18(17)25-21(22)29/h1-3,5-8,11,16,19,24,26H,4,9-10,12-13H2,(H,25,29). The van der Waals surface area contributed by atoms with Gasteiger partial charge in [0, 0.05) is 25.3 Å². The molecule has 150 valence electrons. The number of hydrazine groups is 1. The number of nitrogens with one attached hydrogen (secondary N) is 3. The van der Waals surface area contributed by atoms with Gasteiger partial charge < -0.3 is 10.2 Å². The Bertz CT molecular complexity index is 981. The third-order valence-corrected chi connectivity index (χ3v) is 6.44. The lowest BCUT2D eigenvalue weighted by Crippen LogP contribution is -2.53. The quantitative estimate of drug-likeness (QED) is 0.730. The first-order chi connectivity index (χ1) is 14.1. The van der Waals surface area contributed by atoms with Crippen molar-refractivity contribution in [2.24, 2.45) is 5.92 Å². The van der Waals surface area contributed by atoms with Crippen molar-refractivity contribution in [3.63, 3.8) is 0 Å². The van der Waals surface area contributed by atoms with E-state index < -0.39 is 5.41 Å². The van der Waals surface area contributed by atoms with E-state index in [9.17, 15) is 14.0 Å². The van der Waals surface area contributed by atoms with Gasteiger partial charge in [0.1, 0.15) is 5.82 Å². The first kappa shape index (κ1) is 18.3. The molecule has 2 aromatic carbocycles. The molecule has 0 bridgehead atoms. The maximum absolute atomic E-state index is 13.7. The number of anilines is 1. The number of rotatable bonds is 2. The van der Waals surface area contributed by atoms with Crippen LogP contribution in [0.5, 0.6) is 0 Å². The molecule has 6 nitrogen and oxygen atoms in total. The van der Waals surface area contributed by atoms with Gasteiger partial charge in [-0.05, 0) is 42.2 Å². The number of halogens is 1. The number of hydrogen-bond acceptors (Lipinski definition) is 4. The van der Waals surface area contributed by atoms with Crippen LogP contribution in [0.4, 0.5) is 10.1 Å². The summed E-state index contributed by atoms with van der Waals surface area (Å²) in [5.74, 6) is -0.709. The molecule has 2 fully saturated rings. The number of hydrogen-bond donors (Lipinski definition) is 3.